The average Bonchev–Trinajstić information content (AvgIpc) is 2.52. The summed E-state index contributed by atoms with van der Waals surface area (Å²) in [5, 5.41) is 3.46. The van der Waals surface area contributed by atoms with Crippen molar-refractivity contribution in [3.63, 3.8) is 0 Å². The Morgan fingerprint density at radius 1 is 1.39 bits per heavy atom. The third-order valence-electron chi connectivity index (χ3n) is 3.21. The van der Waals surface area contributed by atoms with Gasteiger partial charge in [-0.25, -0.2) is 9.37 Å². The fraction of sp³-hybridized carbons (Fsp3) is 0.267. The van der Waals surface area contributed by atoms with Gasteiger partial charge in [0, 0.05) is 24.8 Å². The molecule has 0 bridgehead atoms. The number of anilines is 2. The van der Waals surface area contributed by atoms with Gasteiger partial charge < -0.3 is 10.2 Å². The van der Waals surface area contributed by atoms with Crippen molar-refractivity contribution in [3.8, 4) is 0 Å². The first kappa shape index (κ1) is 17.4. The summed E-state index contributed by atoms with van der Waals surface area (Å²) in [6.45, 7) is 1.33. The van der Waals surface area contributed by atoms with Crippen molar-refractivity contribution in [2.24, 2.45) is 0 Å². The molecule has 0 spiro atoms. The first-order chi connectivity index (χ1) is 10.9. The number of amides is 1. The Kier molecular flexibility index (Phi) is 5.74. The van der Waals surface area contributed by atoms with Crippen molar-refractivity contribution in [1.82, 2.24) is 14.9 Å². The van der Waals surface area contributed by atoms with Crippen molar-refractivity contribution >= 4 is 40.6 Å². The molecule has 0 saturated heterocycles. The Balaban J connectivity index is 2.23. The van der Waals surface area contributed by atoms with Gasteiger partial charge in [-0.3, -0.25) is 4.79 Å². The molecule has 5 nitrogen and oxygen atoms in total. The summed E-state index contributed by atoms with van der Waals surface area (Å²) in [7, 11) is 1.56. The number of aromatic nitrogens is 2. The normalized spacial score (nSPS) is 10.5. The van der Waals surface area contributed by atoms with Gasteiger partial charge in [0.05, 0.1) is 6.20 Å². The Morgan fingerprint density at radius 3 is 2.78 bits per heavy atom. The van der Waals surface area contributed by atoms with Crippen LogP contribution >= 0.6 is 23.2 Å². The van der Waals surface area contributed by atoms with Crippen LogP contribution in [0.5, 0.6) is 0 Å². The lowest BCUT2D eigenvalue weighted by atomic mass is 10.1. The van der Waals surface area contributed by atoms with Crippen LogP contribution in [0.3, 0.4) is 0 Å². The van der Waals surface area contributed by atoms with E-state index in [1.54, 1.807) is 25.2 Å². The van der Waals surface area contributed by atoms with Crippen LogP contribution in [0.1, 0.15) is 15.9 Å². The van der Waals surface area contributed by atoms with Crippen LogP contribution in [-0.4, -0.2) is 41.0 Å². The molecule has 1 amide bonds. The fourth-order valence-corrected chi connectivity index (χ4v) is 2.22. The largest absolute Gasteiger partial charge is 0.339 e. The lowest BCUT2D eigenvalue weighted by molar-refractivity contribution is 0.0786. The summed E-state index contributed by atoms with van der Waals surface area (Å²) in [5.74, 6) is 0.142. The van der Waals surface area contributed by atoms with E-state index in [0.717, 1.165) is 11.3 Å². The van der Waals surface area contributed by atoms with Gasteiger partial charge in [-0.2, -0.15) is 4.98 Å². The molecule has 0 aliphatic heterocycles. The molecule has 0 radical (unpaired) electrons. The van der Waals surface area contributed by atoms with Crippen molar-refractivity contribution in [1.29, 1.82) is 0 Å². The minimum absolute atomic E-state index is 0.0624. The molecule has 1 heterocycles. The fourth-order valence-electron chi connectivity index (χ4n) is 1.95. The van der Waals surface area contributed by atoms with Crippen molar-refractivity contribution in [3.05, 3.63) is 45.8 Å². The molecule has 0 atom stereocenters. The molecule has 122 valence electrons. The minimum atomic E-state index is -0.576. The molecule has 1 N–H and O–H groups in total. The number of nitrogens with one attached hydrogen (secondary N) is 1. The van der Waals surface area contributed by atoms with Gasteiger partial charge in [-0.1, -0.05) is 11.6 Å². The highest BCUT2D eigenvalue weighted by Gasteiger charge is 2.13. The quantitative estimate of drug-likeness (QED) is 0.826. The Labute approximate surface area is 143 Å². The van der Waals surface area contributed by atoms with Gasteiger partial charge >= 0.3 is 0 Å². The number of hydrogen-bond acceptors (Lipinski definition) is 4. The first-order valence-corrected chi connectivity index (χ1v) is 7.55. The maximum atomic E-state index is 12.3. The Hall–Kier alpha value is -1.92. The molecule has 2 aromatic rings. The van der Waals surface area contributed by atoms with E-state index in [1.807, 2.05) is 6.92 Å². The van der Waals surface area contributed by atoms with Crippen LogP contribution in [0, 0.1) is 6.92 Å². The van der Waals surface area contributed by atoms with E-state index in [4.69, 9.17) is 23.2 Å². The van der Waals surface area contributed by atoms with Gasteiger partial charge in [0.25, 0.3) is 5.91 Å². The average molecular weight is 357 g/mol. The van der Waals surface area contributed by atoms with Gasteiger partial charge in [-0.05, 0) is 42.3 Å². The smallest absolute Gasteiger partial charge is 0.253 e. The second-order valence-corrected chi connectivity index (χ2v) is 5.65. The third kappa shape index (κ3) is 4.30. The van der Waals surface area contributed by atoms with Crippen LogP contribution in [0.2, 0.25) is 10.3 Å². The highest BCUT2D eigenvalue weighted by Crippen LogP contribution is 2.26. The monoisotopic (exact) mass is 356 g/mol. The van der Waals surface area contributed by atoms with E-state index >= 15 is 0 Å². The molecule has 23 heavy (non-hydrogen) atoms. The van der Waals surface area contributed by atoms with Crippen LogP contribution in [0.4, 0.5) is 15.9 Å². The van der Waals surface area contributed by atoms with Crippen molar-refractivity contribution in [2.45, 2.75) is 6.92 Å². The minimum Gasteiger partial charge on any atom is -0.339 e. The standard InChI is InChI=1S/C15H15Cl2FN4O/c1-9-7-10(14(23)22(2)6-5-18)3-4-12(9)20-13-11(16)8-19-15(17)21-13/h3-4,7-8H,5-6H2,1-2H3,(H,19,20,21). The summed E-state index contributed by atoms with van der Waals surface area (Å²) in [5.41, 5.74) is 2.03. The number of hydrogen-bond donors (Lipinski definition) is 1. The van der Waals surface area contributed by atoms with E-state index in [2.05, 4.69) is 15.3 Å². The SMILES string of the molecule is Cc1cc(C(=O)N(C)CCF)ccc1Nc1nc(Cl)ncc1Cl. The highest BCUT2D eigenvalue weighted by atomic mass is 35.5. The van der Waals surface area contributed by atoms with Crippen LogP contribution in [0.15, 0.2) is 24.4 Å². The number of nitrogens with zero attached hydrogens (tertiary/aromatic N) is 3. The first-order valence-electron chi connectivity index (χ1n) is 6.79. The lowest BCUT2D eigenvalue weighted by Crippen LogP contribution is -2.28. The van der Waals surface area contributed by atoms with E-state index in [1.165, 1.54) is 11.1 Å². The van der Waals surface area contributed by atoms with E-state index < -0.39 is 6.67 Å². The number of alkyl halides is 1. The van der Waals surface area contributed by atoms with Crippen molar-refractivity contribution in [2.75, 3.05) is 25.6 Å². The number of carbonyl (C=O) groups is 1. The van der Waals surface area contributed by atoms with E-state index in [0.29, 0.717) is 16.4 Å². The Morgan fingerprint density at radius 2 is 2.13 bits per heavy atom. The van der Waals surface area contributed by atoms with Crippen LogP contribution in [-0.2, 0) is 0 Å². The zero-order valence-electron chi connectivity index (χ0n) is 12.6. The second-order valence-electron chi connectivity index (χ2n) is 4.91. The van der Waals surface area contributed by atoms with Crippen LogP contribution < -0.4 is 5.32 Å². The molecular weight excluding hydrogens is 342 g/mol. The Bertz CT molecular complexity index is 727. The molecule has 0 fully saturated rings. The summed E-state index contributed by atoms with van der Waals surface area (Å²) in [6, 6.07) is 5.11. The predicted octanol–water partition coefficient (Wildman–Crippen LogP) is 3.88. The maximum Gasteiger partial charge on any atom is 0.253 e. The summed E-state index contributed by atoms with van der Waals surface area (Å²) in [6.07, 6.45) is 1.40. The third-order valence-corrected chi connectivity index (χ3v) is 3.67. The molecule has 8 heteroatoms. The van der Waals surface area contributed by atoms with E-state index in [9.17, 15) is 9.18 Å². The maximum absolute atomic E-state index is 12.3. The summed E-state index contributed by atoms with van der Waals surface area (Å²) < 4.78 is 12.3. The molecule has 0 aliphatic carbocycles. The number of aryl methyl sites for hydroxylation is 1. The van der Waals surface area contributed by atoms with Crippen molar-refractivity contribution < 1.29 is 9.18 Å². The molecule has 2 rings (SSSR count). The summed E-state index contributed by atoms with van der Waals surface area (Å²) in [4.78, 5) is 21.3. The van der Waals surface area contributed by atoms with Gasteiger partial charge in [0.15, 0.2) is 5.82 Å². The number of carbonyl (C=O) groups excluding carboxylic acids is 1. The summed E-state index contributed by atoms with van der Waals surface area (Å²) >= 11 is 11.8. The van der Waals surface area contributed by atoms with Gasteiger partial charge in [0.1, 0.15) is 11.7 Å². The molecule has 1 aromatic carbocycles. The molecular formula is C15H15Cl2FN4O. The lowest BCUT2D eigenvalue weighted by Gasteiger charge is -2.16. The number of rotatable bonds is 5. The zero-order chi connectivity index (χ0) is 17.0. The van der Waals surface area contributed by atoms with E-state index in [-0.39, 0.29) is 17.7 Å². The van der Waals surface area contributed by atoms with Gasteiger partial charge in [-0.15, -0.1) is 0 Å². The predicted molar refractivity (Wildman–Crippen MR) is 89.4 cm³/mol. The van der Waals surface area contributed by atoms with Gasteiger partial charge in [0.2, 0.25) is 5.28 Å². The molecule has 1 aromatic heterocycles. The van der Waals surface area contributed by atoms with Crippen LogP contribution in [0.25, 0.3) is 0 Å². The molecule has 0 unspecified atom stereocenters. The number of halogens is 3. The topological polar surface area (TPSA) is 58.1 Å². The number of benzene rings is 1. The highest BCUT2D eigenvalue weighted by molar-refractivity contribution is 6.33. The molecule has 0 saturated carbocycles. The second kappa shape index (κ2) is 7.57. The zero-order valence-corrected chi connectivity index (χ0v) is 14.1. The molecule has 0 aliphatic rings.